The standard InChI is InChI=1S/C12H16N2O3/c15-7-6-14(9-2-1-3-9)10-4-5-13-11(8-10)12(16)17/h4-5,8-9,15H,1-3,6-7H2,(H,16,17). The molecule has 0 radical (unpaired) electrons. The molecule has 0 saturated heterocycles. The van der Waals surface area contributed by atoms with Crippen LogP contribution in [0.4, 0.5) is 5.69 Å². The van der Waals surface area contributed by atoms with Crippen LogP contribution in [0.2, 0.25) is 0 Å². The number of anilines is 1. The number of nitrogens with zero attached hydrogens (tertiary/aromatic N) is 2. The van der Waals surface area contributed by atoms with Crippen LogP contribution in [0.1, 0.15) is 29.8 Å². The average Bonchev–Trinajstić information content (AvgIpc) is 2.26. The van der Waals surface area contributed by atoms with Gasteiger partial charge >= 0.3 is 5.97 Å². The second-order valence-electron chi connectivity index (χ2n) is 4.21. The lowest BCUT2D eigenvalue weighted by atomic mass is 9.91. The smallest absolute Gasteiger partial charge is 0.354 e. The number of aromatic carboxylic acids is 1. The molecule has 0 bridgehead atoms. The largest absolute Gasteiger partial charge is 0.477 e. The fourth-order valence-electron chi connectivity index (χ4n) is 2.04. The lowest BCUT2D eigenvalue weighted by Gasteiger charge is -2.39. The van der Waals surface area contributed by atoms with E-state index in [4.69, 9.17) is 10.2 Å². The maximum absolute atomic E-state index is 10.9. The third-order valence-corrected chi connectivity index (χ3v) is 3.15. The first-order chi connectivity index (χ1) is 8.22. The van der Waals surface area contributed by atoms with E-state index in [0.29, 0.717) is 12.6 Å². The second kappa shape index (κ2) is 5.14. The summed E-state index contributed by atoms with van der Waals surface area (Å²) < 4.78 is 0. The number of carboxylic acid groups (broad SMARTS) is 1. The van der Waals surface area contributed by atoms with Crippen molar-refractivity contribution < 1.29 is 15.0 Å². The molecule has 0 amide bonds. The Balaban J connectivity index is 2.22. The highest BCUT2D eigenvalue weighted by Gasteiger charge is 2.25. The first-order valence-corrected chi connectivity index (χ1v) is 5.79. The zero-order valence-corrected chi connectivity index (χ0v) is 9.54. The molecule has 0 unspecified atom stereocenters. The Bertz CT molecular complexity index is 404. The first-order valence-electron chi connectivity index (χ1n) is 5.79. The van der Waals surface area contributed by atoms with Crippen LogP contribution >= 0.6 is 0 Å². The fraction of sp³-hybridized carbons (Fsp3) is 0.500. The van der Waals surface area contributed by atoms with Gasteiger partial charge in [-0.2, -0.15) is 0 Å². The summed E-state index contributed by atoms with van der Waals surface area (Å²) in [7, 11) is 0. The van der Waals surface area contributed by atoms with Crippen LogP contribution in [-0.4, -0.2) is 40.4 Å². The van der Waals surface area contributed by atoms with Crippen molar-refractivity contribution in [2.45, 2.75) is 25.3 Å². The SMILES string of the molecule is O=C(O)c1cc(N(CCO)C2CCC2)ccn1. The summed E-state index contributed by atoms with van der Waals surface area (Å²) in [5.41, 5.74) is 0.876. The van der Waals surface area contributed by atoms with Crippen molar-refractivity contribution in [1.29, 1.82) is 0 Å². The van der Waals surface area contributed by atoms with Crippen molar-refractivity contribution in [3.8, 4) is 0 Å². The van der Waals surface area contributed by atoms with Gasteiger partial charge in [0.05, 0.1) is 6.61 Å². The molecule has 1 aromatic rings. The molecule has 1 aliphatic carbocycles. The first kappa shape index (κ1) is 11.9. The number of aromatic nitrogens is 1. The molecule has 17 heavy (non-hydrogen) atoms. The van der Waals surface area contributed by atoms with Gasteiger partial charge in [0.15, 0.2) is 0 Å². The molecule has 0 aromatic carbocycles. The van der Waals surface area contributed by atoms with Crippen LogP contribution in [-0.2, 0) is 0 Å². The molecular formula is C12H16N2O3. The van der Waals surface area contributed by atoms with Crippen molar-refractivity contribution in [3.63, 3.8) is 0 Å². The van der Waals surface area contributed by atoms with E-state index >= 15 is 0 Å². The molecule has 2 rings (SSSR count). The van der Waals surface area contributed by atoms with Crippen LogP contribution in [0.5, 0.6) is 0 Å². The lowest BCUT2D eigenvalue weighted by molar-refractivity contribution is 0.0690. The van der Waals surface area contributed by atoms with E-state index in [1.54, 1.807) is 12.1 Å². The Kier molecular flexibility index (Phi) is 3.58. The predicted molar refractivity (Wildman–Crippen MR) is 63.3 cm³/mol. The number of hydrogen-bond donors (Lipinski definition) is 2. The Labute approximate surface area is 99.7 Å². The molecule has 1 aliphatic rings. The Morgan fingerprint density at radius 3 is 2.82 bits per heavy atom. The zero-order chi connectivity index (χ0) is 12.3. The van der Waals surface area contributed by atoms with Gasteiger partial charge in [-0.3, -0.25) is 0 Å². The highest BCUT2D eigenvalue weighted by atomic mass is 16.4. The number of hydrogen-bond acceptors (Lipinski definition) is 4. The Morgan fingerprint density at radius 2 is 2.29 bits per heavy atom. The summed E-state index contributed by atoms with van der Waals surface area (Å²) in [5, 5.41) is 18.0. The van der Waals surface area contributed by atoms with Crippen LogP contribution in [0.15, 0.2) is 18.3 Å². The third kappa shape index (κ3) is 2.55. The van der Waals surface area contributed by atoms with Crippen LogP contribution < -0.4 is 4.90 Å². The number of pyridine rings is 1. The van der Waals surface area contributed by atoms with Crippen LogP contribution in [0.25, 0.3) is 0 Å². The van der Waals surface area contributed by atoms with Crippen molar-refractivity contribution >= 4 is 11.7 Å². The van der Waals surface area contributed by atoms with Crippen molar-refractivity contribution in [3.05, 3.63) is 24.0 Å². The van der Waals surface area contributed by atoms with E-state index in [1.165, 1.54) is 12.6 Å². The van der Waals surface area contributed by atoms with Gasteiger partial charge in [0.25, 0.3) is 0 Å². The highest BCUT2D eigenvalue weighted by molar-refractivity contribution is 5.86. The predicted octanol–water partition coefficient (Wildman–Crippen LogP) is 1.13. The van der Waals surface area contributed by atoms with Gasteiger partial charge < -0.3 is 15.1 Å². The minimum Gasteiger partial charge on any atom is -0.477 e. The third-order valence-electron chi connectivity index (χ3n) is 3.15. The van der Waals surface area contributed by atoms with Crippen molar-refractivity contribution in [1.82, 2.24) is 4.98 Å². The minimum absolute atomic E-state index is 0.0461. The molecule has 2 N–H and O–H groups in total. The molecule has 1 heterocycles. The monoisotopic (exact) mass is 236 g/mol. The Morgan fingerprint density at radius 1 is 1.53 bits per heavy atom. The topological polar surface area (TPSA) is 73.7 Å². The number of aliphatic hydroxyl groups is 1. The molecular weight excluding hydrogens is 220 g/mol. The van der Waals surface area contributed by atoms with E-state index in [-0.39, 0.29) is 12.3 Å². The molecule has 0 spiro atoms. The molecule has 0 atom stereocenters. The number of aliphatic hydroxyl groups excluding tert-OH is 1. The summed E-state index contributed by atoms with van der Waals surface area (Å²) in [6.07, 6.45) is 4.90. The molecule has 92 valence electrons. The van der Waals surface area contributed by atoms with Gasteiger partial charge in [0.1, 0.15) is 5.69 Å². The molecule has 0 aliphatic heterocycles. The number of carbonyl (C=O) groups is 1. The van der Waals surface area contributed by atoms with E-state index in [0.717, 1.165) is 18.5 Å². The van der Waals surface area contributed by atoms with E-state index in [9.17, 15) is 4.79 Å². The molecule has 1 aromatic heterocycles. The quantitative estimate of drug-likeness (QED) is 0.801. The zero-order valence-electron chi connectivity index (χ0n) is 9.54. The lowest BCUT2D eigenvalue weighted by Crippen LogP contribution is -2.42. The van der Waals surface area contributed by atoms with Gasteiger partial charge in [0, 0.05) is 24.5 Å². The number of carboxylic acids is 1. The van der Waals surface area contributed by atoms with Crippen LogP contribution in [0.3, 0.4) is 0 Å². The van der Waals surface area contributed by atoms with Crippen molar-refractivity contribution in [2.75, 3.05) is 18.1 Å². The average molecular weight is 236 g/mol. The van der Waals surface area contributed by atoms with E-state index in [2.05, 4.69) is 9.88 Å². The summed E-state index contributed by atoms with van der Waals surface area (Å²) >= 11 is 0. The summed E-state index contributed by atoms with van der Waals surface area (Å²) in [4.78, 5) is 16.7. The van der Waals surface area contributed by atoms with Gasteiger partial charge in [-0.05, 0) is 31.4 Å². The molecule has 5 nitrogen and oxygen atoms in total. The fourth-order valence-corrected chi connectivity index (χ4v) is 2.04. The van der Waals surface area contributed by atoms with E-state index < -0.39 is 5.97 Å². The van der Waals surface area contributed by atoms with E-state index in [1.807, 2.05) is 0 Å². The minimum atomic E-state index is -1.02. The van der Waals surface area contributed by atoms with Gasteiger partial charge in [-0.15, -0.1) is 0 Å². The van der Waals surface area contributed by atoms with Crippen LogP contribution in [0, 0.1) is 0 Å². The summed E-state index contributed by atoms with van der Waals surface area (Å²) in [6.45, 7) is 0.606. The van der Waals surface area contributed by atoms with Gasteiger partial charge in [0.2, 0.25) is 0 Å². The Hall–Kier alpha value is -1.62. The molecule has 1 saturated carbocycles. The highest BCUT2D eigenvalue weighted by Crippen LogP contribution is 2.29. The summed E-state index contributed by atoms with van der Waals surface area (Å²) in [5.74, 6) is -1.02. The number of rotatable bonds is 5. The maximum Gasteiger partial charge on any atom is 0.354 e. The maximum atomic E-state index is 10.9. The molecule has 1 fully saturated rings. The van der Waals surface area contributed by atoms with Gasteiger partial charge in [-0.25, -0.2) is 9.78 Å². The normalized spacial score (nSPS) is 15.4. The summed E-state index contributed by atoms with van der Waals surface area (Å²) in [6, 6.07) is 3.78. The molecule has 5 heteroatoms. The van der Waals surface area contributed by atoms with Gasteiger partial charge in [-0.1, -0.05) is 0 Å². The van der Waals surface area contributed by atoms with Crippen molar-refractivity contribution in [2.24, 2.45) is 0 Å². The second-order valence-corrected chi connectivity index (χ2v) is 4.21.